The van der Waals surface area contributed by atoms with Gasteiger partial charge in [-0.3, -0.25) is 4.79 Å². The second-order valence-corrected chi connectivity index (χ2v) is 9.88. The molecule has 0 unspecified atom stereocenters. The Balaban J connectivity index is 1.11. The Bertz CT molecular complexity index is 1190. The van der Waals surface area contributed by atoms with Gasteiger partial charge in [0.05, 0.1) is 12.7 Å². The number of amides is 1. The molecule has 182 valence electrons. The average molecular weight is 473 g/mol. The fraction of sp³-hybridized carbons (Fsp3) is 0.345. The minimum absolute atomic E-state index is 0.0659. The van der Waals surface area contributed by atoms with Crippen LogP contribution >= 0.6 is 0 Å². The van der Waals surface area contributed by atoms with Crippen molar-refractivity contribution < 1.29 is 19.4 Å². The number of hydrogen-bond donors (Lipinski definition) is 2. The van der Waals surface area contributed by atoms with Crippen LogP contribution in [0.4, 0.5) is 5.69 Å². The number of likely N-dealkylation sites (tertiary alicyclic amines) is 1. The highest BCUT2D eigenvalue weighted by Gasteiger charge is 2.47. The zero-order valence-electron chi connectivity index (χ0n) is 20.3. The summed E-state index contributed by atoms with van der Waals surface area (Å²) in [6.07, 6.45) is 4.36. The molecule has 0 radical (unpaired) electrons. The Hall–Kier alpha value is -3.67. The zero-order chi connectivity index (χ0) is 24.4. The molecular formula is C29H32N2O4. The Kier molecular flexibility index (Phi) is 6.29. The highest BCUT2D eigenvalue weighted by atomic mass is 16.5. The minimum atomic E-state index is -0.0659. The normalized spacial score (nSPS) is 17.0. The Morgan fingerprint density at radius 1 is 1.00 bits per heavy atom. The van der Waals surface area contributed by atoms with Crippen LogP contribution in [0.3, 0.4) is 0 Å². The van der Waals surface area contributed by atoms with Gasteiger partial charge in [0.15, 0.2) is 11.5 Å². The van der Waals surface area contributed by atoms with Gasteiger partial charge in [0, 0.05) is 30.2 Å². The monoisotopic (exact) mass is 472 g/mol. The lowest BCUT2D eigenvalue weighted by molar-refractivity contribution is -0.0172. The van der Waals surface area contributed by atoms with E-state index in [4.69, 9.17) is 9.47 Å². The Morgan fingerprint density at radius 3 is 2.34 bits per heavy atom. The lowest BCUT2D eigenvalue weighted by atomic mass is 9.67. The van der Waals surface area contributed by atoms with Crippen molar-refractivity contribution in [2.75, 3.05) is 25.5 Å². The second kappa shape index (κ2) is 9.53. The summed E-state index contributed by atoms with van der Waals surface area (Å²) in [5.41, 5.74) is 2.65. The summed E-state index contributed by atoms with van der Waals surface area (Å²) in [7, 11) is 1.64. The number of anilines is 1. The van der Waals surface area contributed by atoms with Crippen LogP contribution in [-0.2, 0) is 0 Å². The van der Waals surface area contributed by atoms with E-state index in [-0.39, 0.29) is 17.1 Å². The molecule has 35 heavy (non-hydrogen) atoms. The first-order valence-electron chi connectivity index (χ1n) is 12.2. The van der Waals surface area contributed by atoms with Gasteiger partial charge in [-0.05, 0) is 86.7 Å². The number of carbonyl (C=O) groups is 1. The van der Waals surface area contributed by atoms with Gasteiger partial charge >= 0.3 is 0 Å². The van der Waals surface area contributed by atoms with Gasteiger partial charge in [-0.2, -0.15) is 0 Å². The van der Waals surface area contributed by atoms with Crippen LogP contribution in [0.25, 0.3) is 0 Å². The van der Waals surface area contributed by atoms with E-state index in [9.17, 15) is 9.90 Å². The zero-order valence-corrected chi connectivity index (χ0v) is 20.3. The number of rotatable bonds is 6. The molecule has 0 atom stereocenters. The maximum atomic E-state index is 12.8. The first kappa shape index (κ1) is 23.1. The van der Waals surface area contributed by atoms with Crippen molar-refractivity contribution in [3.8, 4) is 23.0 Å². The van der Waals surface area contributed by atoms with Crippen molar-refractivity contribution in [1.29, 1.82) is 0 Å². The average Bonchev–Trinajstić information content (AvgIpc) is 2.84. The maximum Gasteiger partial charge on any atom is 0.257 e. The molecule has 0 bridgehead atoms. The number of methoxy groups -OCH3 is 1. The maximum absolute atomic E-state index is 12.8. The van der Waals surface area contributed by atoms with Crippen molar-refractivity contribution in [3.05, 3.63) is 77.9 Å². The van der Waals surface area contributed by atoms with Crippen LogP contribution in [0, 0.1) is 12.3 Å². The van der Waals surface area contributed by atoms with Crippen molar-refractivity contribution in [3.63, 3.8) is 0 Å². The Morgan fingerprint density at radius 2 is 1.69 bits per heavy atom. The third kappa shape index (κ3) is 4.92. The lowest BCUT2D eigenvalue weighted by Crippen LogP contribution is -2.60. The van der Waals surface area contributed by atoms with E-state index in [1.54, 1.807) is 19.2 Å². The van der Waals surface area contributed by atoms with Crippen LogP contribution in [0.15, 0.2) is 66.7 Å². The third-order valence-corrected chi connectivity index (χ3v) is 7.29. The molecule has 1 aliphatic carbocycles. The lowest BCUT2D eigenvalue weighted by Gasteiger charge is -2.53. The van der Waals surface area contributed by atoms with Crippen molar-refractivity contribution in [2.45, 2.75) is 38.6 Å². The van der Waals surface area contributed by atoms with E-state index in [0.29, 0.717) is 23.1 Å². The minimum Gasteiger partial charge on any atom is -0.507 e. The van der Waals surface area contributed by atoms with E-state index in [1.807, 2.05) is 66.4 Å². The SMILES string of the molecule is COc1ccccc1Oc1ccc(NC2CCC3(CC2)CN(C(=O)c2ccc(C)cc2O)C3)cc1. The summed E-state index contributed by atoms with van der Waals surface area (Å²) in [6, 6.07) is 21.3. The summed E-state index contributed by atoms with van der Waals surface area (Å²) in [5, 5.41) is 13.8. The number of benzene rings is 3. The molecule has 6 nitrogen and oxygen atoms in total. The van der Waals surface area contributed by atoms with Crippen LogP contribution in [-0.4, -0.2) is 42.2 Å². The first-order chi connectivity index (χ1) is 16.9. The molecule has 2 N–H and O–H groups in total. The molecule has 3 aromatic carbocycles. The van der Waals surface area contributed by atoms with Gasteiger partial charge in [0.1, 0.15) is 11.5 Å². The van der Waals surface area contributed by atoms with Gasteiger partial charge in [-0.15, -0.1) is 0 Å². The van der Waals surface area contributed by atoms with E-state index in [1.165, 1.54) is 0 Å². The van der Waals surface area contributed by atoms with E-state index in [2.05, 4.69) is 5.32 Å². The molecule has 2 aliphatic rings. The molecule has 6 heteroatoms. The fourth-order valence-corrected chi connectivity index (χ4v) is 5.28. The number of phenols is 1. The Labute approximate surface area is 206 Å². The van der Waals surface area contributed by atoms with Crippen molar-refractivity contribution in [2.24, 2.45) is 5.41 Å². The summed E-state index contributed by atoms with van der Waals surface area (Å²) >= 11 is 0. The molecule has 1 aliphatic heterocycles. The molecular weight excluding hydrogens is 440 g/mol. The summed E-state index contributed by atoms with van der Waals surface area (Å²) in [6.45, 7) is 3.46. The van der Waals surface area contributed by atoms with Crippen molar-refractivity contribution >= 4 is 11.6 Å². The number of carbonyl (C=O) groups excluding carboxylic acids is 1. The summed E-state index contributed by atoms with van der Waals surface area (Å²) in [5.74, 6) is 2.17. The van der Waals surface area contributed by atoms with Crippen LogP contribution < -0.4 is 14.8 Å². The number of ether oxygens (including phenoxy) is 2. The topological polar surface area (TPSA) is 71.0 Å². The number of para-hydroxylation sites is 2. The van der Waals surface area contributed by atoms with Gasteiger partial charge in [0.2, 0.25) is 0 Å². The van der Waals surface area contributed by atoms with E-state index in [0.717, 1.165) is 55.8 Å². The van der Waals surface area contributed by atoms with E-state index >= 15 is 0 Å². The standard InChI is InChI=1S/C29H32N2O4/c1-20-7-12-24(25(32)17-20)28(33)31-18-29(19-31)15-13-22(14-16-29)30-21-8-10-23(11-9-21)35-27-6-4-3-5-26(27)34-2/h3-12,17,22,30,32H,13-16,18-19H2,1-2H3. The number of phenolic OH excluding ortho intramolecular Hbond substituents is 1. The summed E-state index contributed by atoms with van der Waals surface area (Å²) in [4.78, 5) is 14.7. The molecule has 1 spiro atoms. The molecule has 3 aromatic rings. The van der Waals surface area contributed by atoms with Crippen LogP contribution in [0.5, 0.6) is 23.0 Å². The number of aryl methyl sites for hydroxylation is 1. The predicted molar refractivity (Wildman–Crippen MR) is 137 cm³/mol. The first-order valence-corrected chi connectivity index (χ1v) is 12.2. The molecule has 1 saturated heterocycles. The van der Waals surface area contributed by atoms with Gasteiger partial charge < -0.3 is 24.8 Å². The van der Waals surface area contributed by atoms with Gasteiger partial charge in [-0.1, -0.05) is 18.2 Å². The van der Waals surface area contributed by atoms with Crippen molar-refractivity contribution in [1.82, 2.24) is 4.90 Å². The van der Waals surface area contributed by atoms with Gasteiger partial charge in [0.25, 0.3) is 5.91 Å². The highest BCUT2D eigenvalue weighted by molar-refractivity contribution is 5.97. The van der Waals surface area contributed by atoms with Gasteiger partial charge in [-0.25, -0.2) is 0 Å². The molecule has 1 amide bonds. The fourth-order valence-electron chi connectivity index (χ4n) is 5.28. The summed E-state index contributed by atoms with van der Waals surface area (Å²) < 4.78 is 11.3. The number of nitrogens with zero attached hydrogens (tertiary/aromatic N) is 1. The molecule has 5 rings (SSSR count). The molecule has 1 heterocycles. The quantitative estimate of drug-likeness (QED) is 0.461. The smallest absolute Gasteiger partial charge is 0.257 e. The largest absolute Gasteiger partial charge is 0.507 e. The van der Waals surface area contributed by atoms with Crippen LogP contribution in [0.2, 0.25) is 0 Å². The second-order valence-electron chi connectivity index (χ2n) is 9.88. The molecule has 2 fully saturated rings. The predicted octanol–water partition coefficient (Wildman–Crippen LogP) is 6.00. The van der Waals surface area contributed by atoms with Crippen LogP contribution in [0.1, 0.15) is 41.6 Å². The highest BCUT2D eigenvalue weighted by Crippen LogP contribution is 2.45. The number of aromatic hydroxyl groups is 1. The van der Waals surface area contributed by atoms with E-state index < -0.39 is 0 Å². The number of hydrogen-bond acceptors (Lipinski definition) is 5. The number of nitrogens with one attached hydrogen (secondary N) is 1. The third-order valence-electron chi connectivity index (χ3n) is 7.29. The molecule has 0 aromatic heterocycles. The molecule has 1 saturated carbocycles.